The monoisotopic (exact) mass is 355 g/mol. The molecular weight excluding hydrogens is 345 g/mol. The summed E-state index contributed by atoms with van der Waals surface area (Å²) in [7, 11) is 0. The van der Waals surface area contributed by atoms with Crippen molar-refractivity contribution in [3.63, 3.8) is 0 Å². The van der Waals surface area contributed by atoms with Crippen LogP contribution in [0.1, 0.15) is 10.4 Å². The van der Waals surface area contributed by atoms with Crippen molar-refractivity contribution < 1.29 is 14.6 Å². The van der Waals surface area contributed by atoms with Crippen LogP contribution in [-0.2, 0) is 0 Å². The number of halogens is 1. The summed E-state index contributed by atoms with van der Waals surface area (Å²) in [6.45, 7) is 0. The summed E-state index contributed by atoms with van der Waals surface area (Å²) in [5.41, 5.74) is 5.83. The van der Waals surface area contributed by atoms with Crippen molar-refractivity contribution in [2.75, 3.05) is 5.73 Å². The number of nitrogen functional groups attached to an aromatic ring is 1. The maximum Gasteiger partial charge on any atom is 0.337 e. The second-order valence-corrected chi connectivity index (χ2v) is 4.86. The van der Waals surface area contributed by atoms with E-state index in [-0.39, 0.29) is 11.3 Å². The number of carbonyl (C=O) groups is 1. The van der Waals surface area contributed by atoms with E-state index in [0.29, 0.717) is 11.5 Å². The second kappa shape index (κ2) is 5.26. The number of ether oxygens (including phenoxy) is 1. The van der Waals surface area contributed by atoms with E-state index in [0.717, 1.165) is 3.57 Å². The van der Waals surface area contributed by atoms with Gasteiger partial charge < -0.3 is 15.6 Å². The quantitative estimate of drug-likeness (QED) is 0.654. The predicted octanol–water partition coefficient (Wildman–Crippen LogP) is 3.36. The Hall–Kier alpha value is -1.76. The van der Waals surface area contributed by atoms with Gasteiger partial charge in [-0.1, -0.05) is 6.07 Å². The standard InChI is InChI=1S/C13H10INO3/c14-8-2-1-3-9(6-8)18-10-4-5-12(15)11(7-10)13(16)17/h1-7H,15H2,(H,16,17). The van der Waals surface area contributed by atoms with E-state index in [4.69, 9.17) is 15.6 Å². The van der Waals surface area contributed by atoms with Gasteiger partial charge in [0.2, 0.25) is 0 Å². The molecule has 0 heterocycles. The van der Waals surface area contributed by atoms with Crippen LogP contribution in [0.2, 0.25) is 0 Å². The van der Waals surface area contributed by atoms with Crippen molar-refractivity contribution in [3.8, 4) is 11.5 Å². The van der Waals surface area contributed by atoms with Gasteiger partial charge in [0, 0.05) is 9.26 Å². The van der Waals surface area contributed by atoms with Gasteiger partial charge in [0.25, 0.3) is 0 Å². The Morgan fingerprint density at radius 2 is 1.89 bits per heavy atom. The van der Waals surface area contributed by atoms with Gasteiger partial charge in [0.1, 0.15) is 11.5 Å². The van der Waals surface area contributed by atoms with Crippen LogP contribution in [0.5, 0.6) is 11.5 Å². The van der Waals surface area contributed by atoms with Gasteiger partial charge in [-0.2, -0.15) is 0 Å². The Morgan fingerprint density at radius 3 is 2.56 bits per heavy atom. The topological polar surface area (TPSA) is 72.5 Å². The molecule has 2 aromatic rings. The van der Waals surface area contributed by atoms with Crippen molar-refractivity contribution >= 4 is 34.2 Å². The summed E-state index contributed by atoms with van der Waals surface area (Å²) >= 11 is 2.18. The van der Waals surface area contributed by atoms with Crippen LogP contribution in [-0.4, -0.2) is 11.1 Å². The van der Waals surface area contributed by atoms with Crippen LogP contribution >= 0.6 is 22.6 Å². The molecule has 18 heavy (non-hydrogen) atoms. The molecule has 5 heteroatoms. The summed E-state index contributed by atoms with van der Waals surface area (Å²) in [4.78, 5) is 10.9. The zero-order chi connectivity index (χ0) is 13.1. The molecule has 0 fully saturated rings. The molecule has 0 aliphatic carbocycles. The first-order valence-corrected chi connectivity index (χ1v) is 6.20. The summed E-state index contributed by atoms with van der Waals surface area (Å²) in [5.74, 6) is 0.0344. The zero-order valence-electron chi connectivity index (χ0n) is 9.26. The first-order chi connectivity index (χ1) is 8.56. The molecule has 0 spiro atoms. The lowest BCUT2D eigenvalue weighted by Gasteiger charge is -2.08. The van der Waals surface area contributed by atoms with Crippen LogP contribution in [0.3, 0.4) is 0 Å². The number of benzene rings is 2. The molecule has 0 saturated heterocycles. The Morgan fingerprint density at radius 1 is 1.17 bits per heavy atom. The van der Waals surface area contributed by atoms with Gasteiger partial charge in [-0.3, -0.25) is 0 Å². The summed E-state index contributed by atoms with van der Waals surface area (Å²) < 4.78 is 6.62. The zero-order valence-corrected chi connectivity index (χ0v) is 11.4. The second-order valence-electron chi connectivity index (χ2n) is 3.61. The van der Waals surface area contributed by atoms with Crippen LogP contribution in [0.15, 0.2) is 42.5 Å². The molecule has 0 aliphatic rings. The third kappa shape index (κ3) is 2.92. The lowest BCUT2D eigenvalue weighted by molar-refractivity contribution is 0.0697. The molecule has 0 unspecified atom stereocenters. The number of nitrogens with two attached hydrogens (primary N) is 1. The average molecular weight is 355 g/mol. The smallest absolute Gasteiger partial charge is 0.337 e. The maximum absolute atomic E-state index is 10.9. The Kier molecular flexibility index (Phi) is 3.71. The van der Waals surface area contributed by atoms with Crippen molar-refractivity contribution in [1.82, 2.24) is 0 Å². The fourth-order valence-electron chi connectivity index (χ4n) is 1.45. The molecule has 0 radical (unpaired) electrons. The molecule has 3 N–H and O–H groups in total. The van der Waals surface area contributed by atoms with E-state index in [1.807, 2.05) is 18.2 Å². The third-order valence-electron chi connectivity index (χ3n) is 2.29. The van der Waals surface area contributed by atoms with Gasteiger partial charge >= 0.3 is 5.97 Å². The lowest BCUT2D eigenvalue weighted by atomic mass is 10.2. The minimum absolute atomic E-state index is 0.0399. The van der Waals surface area contributed by atoms with Gasteiger partial charge in [0.15, 0.2) is 0 Å². The number of rotatable bonds is 3. The molecule has 0 aromatic heterocycles. The highest BCUT2D eigenvalue weighted by Gasteiger charge is 2.09. The van der Waals surface area contributed by atoms with E-state index in [9.17, 15) is 4.79 Å². The highest BCUT2D eigenvalue weighted by atomic mass is 127. The normalized spacial score (nSPS) is 10.1. The van der Waals surface area contributed by atoms with Gasteiger partial charge in [-0.05, 0) is 59.0 Å². The fourth-order valence-corrected chi connectivity index (χ4v) is 1.97. The fraction of sp³-hybridized carbons (Fsp3) is 0. The van der Waals surface area contributed by atoms with Crippen molar-refractivity contribution in [2.24, 2.45) is 0 Å². The van der Waals surface area contributed by atoms with E-state index in [1.165, 1.54) is 12.1 Å². The lowest BCUT2D eigenvalue weighted by Crippen LogP contribution is -2.02. The van der Waals surface area contributed by atoms with E-state index in [2.05, 4.69) is 22.6 Å². The van der Waals surface area contributed by atoms with Crippen LogP contribution in [0, 0.1) is 3.57 Å². The summed E-state index contributed by atoms with van der Waals surface area (Å²) in [5, 5.41) is 8.96. The van der Waals surface area contributed by atoms with Crippen molar-refractivity contribution in [3.05, 3.63) is 51.6 Å². The van der Waals surface area contributed by atoms with Gasteiger partial charge in [-0.15, -0.1) is 0 Å². The Balaban J connectivity index is 2.30. The summed E-state index contributed by atoms with van der Waals surface area (Å²) in [6, 6.07) is 12.0. The molecule has 0 saturated carbocycles. The third-order valence-corrected chi connectivity index (χ3v) is 2.96. The molecule has 0 atom stereocenters. The first kappa shape index (κ1) is 12.7. The molecule has 2 aromatic carbocycles. The van der Waals surface area contributed by atoms with Crippen LogP contribution in [0.25, 0.3) is 0 Å². The minimum Gasteiger partial charge on any atom is -0.478 e. The van der Waals surface area contributed by atoms with Gasteiger partial charge in [-0.25, -0.2) is 4.79 Å². The number of carboxylic acids is 1. The minimum atomic E-state index is -1.07. The molecule has 92 valence electrons. The SMILES string of the molecule is Nc1ccc(Oc2cccc(I)c2)cc1C(=O)O. The molecule has 4 nitrogen and oxygen atoms in total. The Labute approximate surface area is 118 Å². The highest BCUT2D eigenvalue weighted by Crippen LogP contribution is 2.26. The van der Waals surface area contributed by atoms with Gasteiger partial charge in [0.05, 0.1) is 5.56 Å². The maximum atomic E-state index is 10.9. The van der Waals surface area contributed by atoms with Crippen LogP contribution < -0.4 is 10.5 Å². The van der Waals surface area contributed by atoms with Crippen molar-refractivity contribution in [1.29, 1.82) is 0 Å². The summed E-state index contributed by atoms with van der Waals surface area (Å²) in [6.07, 6.45) is 0. The molecule has 2 rings (SSSR count). The average Bonchev–Trinajstić information content (AvgIpc) is 2.31. The predicted molar refractivity (Wildman–Crippen MR) is 77.0 cm³/mol. The molecular formula is C13H10INO3. The van der Waals surface area contributed by atoms with Crippen LogP contribution in [0.4, 0.5) is 5.69 Å². The molecule has 0 aliphatic heterocycles. The number of carboxylic acid groups (broad SMARTS) is 1. The molecule has 0 bridgehead atoms. The van der Waals surface area contributed by atoms with E-state index in [1.54, 1.807) is 12.1 Å². The number of hydrogen-bond acceptors (Lipinski definition) is 3. The number of aromatic carboxylic acids is 1. The highest BCUT2D eigenvalue weighted by molar-refractivity contribution is 14.1. The Bertz CT molecular complexity index is 599. The molecule has 0 amide bonds. The van der Waals surface area contributed by atoms with E-state index >= 15 is 0 Å². The first-order valence-electron chi connectivity index (χ1n) is 5.12. The van der Waals surface area contributed by atoms with Crippen molar-refractivity contribution in [2.45, 2.75) is 0 Å². The number of hydrogen-bond donors (Lipinski definition) is 2. The largest absolute Gasteiger partial charge is 0.478 e. The van der Waals surface area contributed by atoms with E-state index < -0.39 is 5.97 Å². The number of anilines is 1.